The maximum Gasteiger partial charge on any atom is 0.329 e. The first-order valence-corrected chi connectivity index (χ1v) is 11.0. The maximum absolute atomic E-state index is 12.2. The molecule has 0 aliphatic carbocycles. The number of nitrogens with zero attached hydrogens (tertiary/aromatic N) is 3. The SMILES string of the molecule is Cc1ccc(-c2nn(-c3ccccc3)cc2/C=N/NC(=O)C(=O)Nc2cccc(Cl)c2Cl)cc1. The van der Waals surface area contributed by atoms with Gasteiger partial charge in [0.1, 0.15) is 5.69 Å². The van der Waals surface area contributed by atoms with Crippen LogP contribution in [0.25, 0.3) is 16.9 Å². The number of amides is 2. The van der Waals surface area contributed by atoms with Gasteiger partial charge in [0.15, 0.2) is 0 Å². The molecule has 1 heterocycles. The number of hydrazone groups is 1. The zero-order valence-corrected chi connectivity index (χ0v) is 19.5. The first-order chi connectivity index (χ1) is 16.4. The third kappa shape index (κ3) is 5.33. The fourth-order valence-corrected chi connectivity index (χ4v) is 3.47. The van der Waals surface area contributed by atoms with Crippen LogP contribution in [0.1, 0.15) is 11.1 Å². The van der Waals surface area contributed by atoms with E-state index >= 15 is 0 Å². The number of aryl methyl sites for hydroxylation is 1. The van der Waals surface area contributed by atoms with E-state index in [1.165, 1.54) is 12.3 Å². The van der Waals surface area contributed by atoms with Crippen molar-refractivity contribution < 1.29 is 9.59 Å². The smallest absolute Gasteiger partial charge is 0.316 e. The topological polar surface area (TPSA) is 88.4 Å². The molecule has 0 atom stereocenters. The average molecular weight is 492 g/mol. The lowest BCUT2D eigenvalue weighted by atomic mass is 10.1. The van der Waals surface area contributed by atoms with Gasteiger partial charge in [-0.15, -0.1) is 0 Å². The lowest BCUT2D eigenvalue weighted by Crippen LogP contribution is -2.32. The fourth-order valence-electron chi connectivity index (χ4n) is 3.12. The lowest BCUT2D eigenvalue weighted by Gasteiger charge is -2.06. The molecular formula is C25H19Cl2N5O2. The molecule has 2 amide bonds. The van der Waals surface area contributed by atoms with Gasteiger partial charge in [0.25, 0.3) is 0 Å². The summed E-state index contributed by atoms with van der Waals surface area (Å²) in [5.74, 6) is -1.89. The van der Waals surface area contributed by atoms with E-state index in [-0.39, 0.29) is 15.7 Å². The Bertz CT molecular complexity index is 1370. The quantitative estimate of drug-likeness (QED) is 0.227. The number of aromatic nitrogens is 2. The Morgan fingerprint density at radius 1 is 0.941 bits per heavy atom. The van der Waals surface area contributed by atoms with E-state index in [0.717, 1.165) is 16.8 Å². The second-order valence-electron chi connectivity index (χ2n) is 7.33. The molecule has 0 saturated heterocycles. The second-order valence-corrected chi connectivity index (χ2v) is 8.12. The van der Waals surface area contributed by atoms with Crippen LogP contribution in [-0.4, -0.2) is 27.8 Å². The third-order valence-corrected chi connectivity index (χ3v) is 5.68. The highest BCUT2D eigenvalue weighted by molar-refractivity contribution is 6.45. The third-order valence-electron chi connectivity index (χ3n) is 4.86. The van der Waals surface area contributed by atoms with E-state index < -0.39 is 11.8 Å². The summed E-state index contributed by atoms with van der Waals surface area (Å²) in [6.45, 7) is 2.01. The summed E-state index contributed by atoms with van der Waals surface area (Å²) >= 11 is 12.0. The molecule has 0 saturated carbocycles. The Morgan fingerprint density at radius 3 is 2.41 bits per heavy atom. The van der Waals surface area contributed by atoms with Crippen molar-refractivity contribution in [1.29, 1.82) is 0 Å². The Balaban J connectivity index is 1.54. The number of nitrogens with one attached hydrogen (secondary N) is 2. The van der Waals surface area contributed by atoms with Crippen molar-refractivity contribution in [1.82, 2.24) is 15.2 Å². The van der Waals surface area contributed by atoms with Gasteiger partial charge in [0.05, 0.1) is 27.6 Å². The van der Waals surface area contributed by atoms with Crippen LogP contribution in [0.3, 0.4) is 0 Å². The molecule has 3 aromatic carbocycles. The van der Waals surface area contributed by atoms with Crippen molar-refractivity contribution in [3.63, 3.8) is 0 Å². The van der Waals surface area contributed by atoms with Crippen molar-refractivity contribution in [2.45, 2.75) is 6.92 Å². The minimum atomic E-state index is -0.959. The number of rotatable bonds is 5. The van der Waals surface area contributed by atoms with Crippen molar-refractivity contribution in [3.8, 4) is 16.9 Å². The lowest BCUT2D eigenvalue weighted by molar-refractivity contribution is -0.136. The number of carbonyl (C=O) groups is 2. The molecule has 0 spiro atoms. The molecule has 0 bridgehead atoms. The van der Waals surface area contributed by atoms with Gasteiger partial charge in [-0.2, -0.15) is 10.2 Å². The molecule has 0 aliphatic heterocycles. The van der Waals surface area contributed by atoms with E-state index in [4.69, 9.17) is 28.3 Å². The fraction of sp³-hybridized carbons (Fsp3) is 0.0400. The normalized spacial score (nSPS) is 10.9. The van der Waals surface area contributed by atoms with Crippen LogP contribution in [-0.2, 0) is 9.59 Å². The molecule has 2 N–H and O–H groups in total. The minimum absolute atomic E-state index is 0.143. The molecule has 4 rings (SSSR count). The predicted molar refractivity (Wildman–Crippen MR) is 135 cm³/mol. The van der Waals surface area contributed by atoms with E-state index in [1.807, 2.05) is 61.5 Å². The predicted octanol–water partition coefficient (Wildman–Crippen LogP) is 5.24. The highest BCUT2D eigenvalue weighted by Crippen LogP contribution is 2.29. The first-order valence-electron chi connectivity index (χ1n) is 10.2. The molecule has 0 unspecified atom stereocenters. The van der Waals surface area contributed by atoms with Crippen LogP contribution < -0.4 is 10.7 Å². The summed E-state index contributed by atoms with van der Waals surface area (Å²) in [6.07, 6.45) is 3.24. The van der Waals surface area contributed by atoms with Gasteiger partial charge in [-0.25, -0.2) is 10.1 Å². The van der Waals surface area contributed by atoms with Crippen LogP contribution in [0.2, 0.25) is 10.0 Å². The molecule has 9 heteroatoms. The van der Waals surface area contributed by atoms with Crippen LogP contribution in [0.4, 0.5) is 5.69 Å². The first kappa shape index (κ1) is 23.2. The number of benzene rings is 3. The number of para-hydroxylation sites is 1. The number of carbonyl (C=O) groups excluding carboxylic acids is 2. The molecule has 1 aromatic heterocycles. The van der Waals surface area contributed by atoms with Crippen molar-refractivity contribution in [3.05, 3.63) is 100 Å². The maximum atomic E-state index is 12.2. The largest absolute Gasteiger partial charge is 0.329 e. The molecule has 0 fully saturated rings. The summed E-state index contributed by atoms with van der Waals surface area (Å²) in [4.78, 5) is 24.4. The molecule has 0 radical (unpaired) electrons. The van der Waals surface area contributed by atoms with Crippen LogP contribution in [0.15, 0.2) is 84.1 Å². The van der Waals surface area contributed by atoms with Gasteiger partial charge in [0.2, 0.25) is 0 Å². The summed E-state index contributed by atoms with van der Waals surface area (Å²) in [7, 11) is 0. The Kier molecular flexibility index (Phi) is 7.06. The molecule has 170 valence electrons. The van der Waals surface area contributed by atoms with Gasteiger partial charge in [0, 0.05) is 17.3 Å². The van der Waals surface area contributed by atoms with Crippen LogP contribution >= 0.6 is 23.2 Å². The summed E-state index contributed by atoms with van der Waals surface area (Å²) in [5, 5.41) is 11.5. The molecule has 0 aliphatic rings. The standard InChI is InChI=1S/C25H19Cl2N5O2/c1-16-10-12-17(13-11-16)23-18(15-32(31-23)19-6-3-2-4-7-19)14-28-30-25(34)24(33)29-21-9-5-8-20(26)22(21)27/h2-15H,1H3,(H,29,33)(H,30,34)/b28-14+. The monoisotopic (exact) mass is 491 g/mol. The zero-order chi connectivity index (χ0) is 24.1. The highest BCUT2D eigenvalue weighted by Gasteiger charge is 2.16. The van der Waals surface area contributed by atoms with Crippen LogP contribution in [0, 0.1) is 6.92 Å². The second kappa shape index (κ2) is 10.3. The Hall–Kier alpha value is -3.94. The van der Waals surface area contributed by atoms with Crippen molar-refractivity contribution in [2.75, 3.05) is 5.32 Å². The summed E-state index contributed by atoms with van der Waals surface area (Å²) in [6, 6.07) is 22.2. The van der Waals surface area contributed by atoms with Crippen molar-refractivity contribution >= 4 is 46.9 Å². The molecular weight excluding hydrogens is 473 g/mol. The Morgan fingerprint density at radius 2 is 1.68 bits per heavy atom. The van der Waals surface area contributed by atoms with E-state index in [1.54, 1.807) is 23.0 Å². The van der Waals surface area contributed by atoms with Crippen molar-refractivity contribution in [2.24, 2.45) is 5.10 Å². The number of hydrogen-bond acceptors (Lipinski definition) is 4. The van der Waals surface area contributed by atoms with E-state index in [0.29, 0.717) is 11.3 Å². The van der Waals surface area contributed by atoms with Gasteiger partial charge >= 0.3 is 11.8 Å². The molecule has 4 aromatic rings. The zero-order valence-electron chi connectivity index (χ0n) is 18.0. The van der Waals surface area contributed by atoms with E-state index in [9.17, 15) is 9.59 Å². The minimum Gasteiger partial charge on any atom is -0.316 e. The Labute approximate surface area is 206 Å². The summed E-state index contributed by atoms with van der Waals surface area (Å²) in [5.41, 5.74) is 6.68. The molecule has 7 nitrogen and oxygen atoms in total. The van der Waals surface area contributed by atoms with Gasteiger partial charge < -0.3 is 5.32 Å². The van der Waals surface area contributed by atoms with E-state index in [2.05, 4.69) is 15.8 Å². The molecule has 34 heavy (non-hydrogen) atoms. The number of halogens is 2. The number of anilines is 1. The van der Waals surface area contributed by atoms with Gasteiger partial charge in [-0.1, -0.05) is 77.3 Å². The summed E-state index contributed by atoms with van der Waals surface area (Å²) < 4.78 is 1.73. The average Bonchev–Trinajstić information content (AvgIpc) is 3.27. The van der Waals surface area contributed by atoms with Crippen LogP contribution in [0.5, 0.6) is 0 Å². The van der Waals surface area contributed by atoms with Gasteiger partial charge in [-0.05, 0) is 31.2 Å². The highest BCUT2D eigenvalue weighted by atomic mass is 35.5. The van der Waals surface area contributed by atoms with Gasteiger partial charge in [-0.3, -0.25) is 9.59 Å². The number of hydrogen-bond donors (Lipinski definition) is 2.